The molecule has 0 aliphatic carbocycles. The first kappa shape index (κ1) is 10.1. The molecular weight excluding hydrogens is 262 g/mol. The number of esters is 1. The summed E-state index contributed by atoms with van der Waals surface area (Å²) < 4.78 is 7.17. The number of fused-ring (bicyclic) bond motifs is 1. The summed E-state index contributed by atoms with van der Waals surface area (Å²) in [5.74, 6) is -0.392. The SMILES string of the molecule is CCOC(=O)c1cc(Br)c2cncnn12. The number of carbonyl (C=O) groups is 1. The number of aromatic nitrogens is 3. The summed E-state index contributed by atoms with van der Waals surface area (Å²) in [5.41, 5.74) is 1.13. The lowest BCUT2D eigenvalue weighted by atomic mass is 10.4. The Morgan fingerprint density at radius 1 is 1.67 bits per heavy atom. The highest BCUT2D eigenvalue weighted by Gasteiger charge is 2.15. The maximum absolute atomic E-state index is 11.5. The van der Waals surface area contributed by atoms with Gasteiger partial charge in [-0.15, -0.1) is 0 Å². The molecule has 0 bridgehead atoms. The Morgan fingerprint density at radius 2 is 2.47 bits per heavy atom. The van der Waals surface area contributed by atoms with Crippen LogP contribution in [0.2, 0.25) is 0 Å². The lowest BCUT2D eigenvalue weighted by Crippen LogP contribution is -2.09. The van der Waals surface area contributed by atoms with Crippen LogP contribution < -0.4 is 0 Å². The van der Waals surface area contributed by atoms with Crippen LogP contribution in [0.5, 0.6) is 0 Å². The van der Waals surface area contributed by atoms with E-state index in [2.05, 4.69) is 26.0 Å². The fraction of sp³-hybridized carbons (Fsp3) is 0.222. The van der Waals surface area contributed by atoms with Crippen molar-refractivity contribution in [3.8, 4) is 0 Å². The van der Waals surface area contributed by atoms with Crippen molar-refractivity contribution < 1.29 is 9.53 Å². The van der Waals surface area contributed by atoms with Gasteiger partial charge in [-0.05, 0) is 28.9 Å². The Kier molecular flexibility index (Phi) is 2.68. The molecule has 0 aliphatic heterocycles. The predicted molar refractivity (Wildman–Crippen MR) is 56.6 cm³/mol. The van der Waals surface area contributed by atoms with E-state index in [4.69, 9.17) is 4.74 Å². The van der Waals surface area contributed by atoms with Gasteiger partial charge in [-0.1, -0.05) is 0 Å². The lowest BCUT2D eigenvalue weighted by molar-refractivity contribution is 0.0517. The van der Waals surface area contributed by atoms with E-state index in [0.717, 1.165) is 9.99 Å². The first-order chi connectivity index (χ1) is 7.24. The standard InChI is InChI=1S/C9H8BrN3O2/c1-2-15-9(14)7-3-6(10)8-4-11-5-12-13(7)8/h3-5H,2H2,1H3. The second-order valence-corrected chi connectivity index (χ2v) is 3.66. The number of hydrogen-bond donors (Lipinski definition) is 0. The van der Waals surface area contributed by atoms with Gasteiger partial charge >= 0.3 is 5.97 Å². The molecule has 0 fully saturated rings. The minimum Gasteiger partial charge on any atom is -0.461 e. The van der Waals surface area contributed by atoms with Crippen molar-refractivity contribution in [3.05, 3.63) is 28.8 Å². The number of ether oxygens (including phenoxy) is 1. The molecule has 6 heteroatoms. The zero-order valence-electron chi connectivity index (χ0n) is 7.98. The van der Waals surface area contributed by atoms with E-state index in [1.54, 1.807) is 19.2 Å². The maximum Gasteiger partial charge on any atom is 0.357 e. The molecule has 0 spiro atoms. The molecule has 0 aliphatic rings. The largest absolute Gasteiger partial charge is 0.461 e. The van der Waals surface area contributed by atoms with Gasteiger partial charge in [-0.3, -0.25) is 0 Å². The average Bonchev–Trinajstić information content (AvgIpc) is 2.58. The number of halogens is 1. The van der Waals surface area contributed by atoms with Gasteiger partial charge in [-0.25, -0.2) is 14.3 Å². The third-order valence-corrected chi connectivity index (χ3v) is 2.51. The molecule has 15 heavy (non-hydrogen) atoms. The quantitative estimate of drug-likeness (QED) is 0.779. The minimum atomic E-state index is -0.392. The molecule has 0 atom stereocenters. The van der Waals surface area contributed by atoms with Crippen LogP contribution in [0.4, 0.5) is 0 Å². The normalized spacial score (nSPS) is 10.5. The highest BCUT2D eigenvalue weighted by molar-refractivity contribution is 9.10. The Balaban J connectivity index is 2.57. The predicted octanol–water partition coefficient (Wildman–Crippen LogP) is 1.67. The second-order valence-electron chi connectivity index (χ2n) is 2.80. The minimum absolute atomic E-state index is 0.342. The smallest absolute Gasteiger partial charge is 0.357 e. The number of hydrogen-bond acceptors (Lipinski definition) is 4. The van der Waals surface area contributed by atoms with Crippen LogP contribution in [0, 0.1) is 0 Å². The Bertz CT molecular complexity index is 509. The summed E-state index contributed by atoms with van der Waals surface area (Å²) in [5, 5.41) is 3.98. The Hall–Kier alpha value is -1.43. The van der Waals surface area contributed by atoms with E-state index in [1.165, 1.54) is 10.8 Å². The van der Waals surface area contributed by atoms with Crippen LogP contribution in [-0.2, 0) is 4.74 Å². The molecule has 0 aromatic carbocycles. The molecule has 2 aromatic rings. The zero-order chi connectivity index (χ0) is 10.8. The molecular formula is C9H8BrN3O2. The molecule has 2 heterocycles. The van der Waals surface area contributed by atoms with E-state index < -0.39 is 5.97 Å². The summed E-state index contributed by atoms with van der Waals surface area (Å²) in [4.78, 5) is 15.4. The van der Waals surface area contributed by atoms with Crippen molar-refractivity contribution in [1.82, 2.24) is 14.6 Å². The zero-order valence-corrected chi connectivity index (χ0v) is 9.56. The van der Waals surface area contributed by atoms with E-state index in [0.29, 0.717) is 12.3 Å². The number of carbonyl (C=O) groups excluding carboxylic acids is 1. The lowest BCUT2D eigenvalue weighted by Gasteiger charge is -2.00. The van der Waals surface area contributed by atoms with E-state index in [1.807, 2.05) is 0 Å². The molecule has 2 aromatic heterocycles. The number of nitrogens with zero attached hydrogens (tertiary/aromatic N) is 3. The summed E-state index contributed by atoms with van der Waals surface area (Å²) in [7, 11) is 0. The average molecular weight is 270 g/mol. The maximum atomic E-state index is 11.5. The van der Waals surface area contributed by atoms with Crippen molar-refractivity contribution >= 4 is 27.4 Å². The Morgan fingerprint density at radius 3 is 3.20 bits per heavy atom. The highest BCUT2D eigenvalue weighted by atomic mass is 79.9. The van der Waals surface area contributed by atoms with Crippen molar-refractivity contribution in [2.24, 2.45) is 0 Å². The van der Waals surface area contributed by atoms with Crippen LogP contribution in [0.1, 0.15) is 17.4 Å². The highest BCUT2D eigenvalue weighted by Crippen LogP contribution is 2.21. The molecule has 0 saturated carbocycles. The van der Waals surface area contributed by atoms with Gasteiger partial charge in [0.1, 0.15) is 6.33 Å². The fourth-order valence-electron chi connectivity index (χ4n) is 1.26. The van der Waals surface area contributed by atoms with E-state index in [-0.39, 0.29) is 0 Å². The Labute approximate surface area is 94.2 Å². The van der Waals surface area contributed by atoms with Crippen LogP contribution in [0.3, 0.4) is 0 Å². The van der Waals surface area contributed by atoms with Crippen molar-refractivity contribution in [1.29, 1.82) is 0 Å². The fourth-order valence-corrected chi connectivity index (χ4v) is 1.75. The molecule has 0 radical (unpaired) electrons. The number of rotatable bonds is 2. The van der Waals surface area contributed by atoms with Crippen LogP contribution in [0.15, 0.2) is 23.1 Å². The second kappa shape index (κ2) is 3.98. The van der Waals surface area contributed by atoms with Crippen molar-refractivity contribution in [2.45, 2.75) is 6.92 Å². The topological polar surface area (TPSA) is 56.5 Å². The summed E-state index contributed by atoms with van der Waals surface area (Å²) in [6, 6.07) is 1.67. The van der Waals surface area contributed by atoms with Gasteiger partial charge < -0.3 is 4.74 Å². The van der Waals surface area contributed by atoms with Crippen LogP contribution in [0.25, 0.3) is 5.52 Å². The summed E-state index contributed by atoms with van der Waals surface area (Å²) >= 11 is 3.33. The van der Waals surface area contributed by atoms with Gasteiger partial charge in [0, 0.05) is 4.47 Å². The van der Waals surface area contributed by atoms with Crippen LogP contribution >= 0.6 is 15.9 Å². The van der Waals surface area contributed by atoms with Crippen molar-refractivity contribution in [3.63, 3.8) is 0 Å². The third kappa shape index (κ3) is 1.72. The molecule has 0 amide bonds. The molecule has 2 rings (SSSR count). The van der Waals surface area contributed by atoms with E-state index in [9.17, 15) is 4.79 Å². The monoisotopic (exact) mass is 269 g/mol. The molecule has 78 valence electrons. The first-order valence-electron chi connectivity index (χ1n) is 4.38. The van der Waals surface area contributed by atoms with Gasteiger partial charge in [0.05, 0.1) is 18.3 Å². The molecule has 0 unspecified atom stereocenters. The van der Waals surface area contributed by atoms with Gasteiger partial charge in [-0.2, -0.15) is 5.10 Å². The molecule has 0 saturated heterocycles. The molecule has 5 nitrogen and oxygen atoms in total. The van der Waals surface area contributed by atoms with Crippen LogP contribution in [-0.4, -0.2) is 27.2 Å². The summed E-state index contributed by atoms with van der Waals surface area (Å²) in [6.07, 6.45) is 3.00. The molecule has 0 N–H and O–H groups in total. The van der Waals surface area contributed by atoms with Crippen molar-refractivity contribution in [2.75, 3.05) is 6.61 Å². The van der Waals surface area contributed by atoms with Gasteiger partial charge in [0.15, 0.2) is 5.69 Å². The summed E-state index contributed by atoms with van der Waals surface area (Å²) in [6.45, 7) is 2.10. The van der Waals surface area contributed by atoms with Gasteiger partial charge in [0.2, 0.25) is 0 Å². The van der Waals surface area contributed by atoms with Gasteiger partial charge in [0.25, 0.3) is 0 Å². The first-order valence-corrected chi connectivity index (χ1v) is 5.17. The van der Waals surface area contributed by atoms with E-state index >= 15 is 0 Å². The third-order valence-electron chi connectivity index (χ3n) is 1.88.